The number of hydrogen-bond acceptors (Lipinski definition) is 3. The number of hydrazine groups is 1. The molecule has 0 unspecified atom stereocenters. The molecule has 0 heterocycles. The Balaban J connectivity index is 1.65. The Hall–Kier alpha value is -3.41. The van der Waals surface area contributed by atoms with E-state index in [-0.39, 0.29) is 23.6 Å². The van der Waals surface area contributed by atoms with Crippen LogP contribution in [-0.2, 0) is 11.2 Å². The van der Waals surface area contributed by atoms with E-state index < -0.39 is 11.8 Å². The molecule has 3 rings (SSSR count). The Morgan fingerprint density at radius 3 is 2.24 bits per heavy atom. The number of carbonyl (C=O) groups is 2. The molecule has 0 saturated heterocycles. The largest absolute Gasteiger partial charge is 0.507 e. The molecule has 3 aromatic rings. The van der Waals surface area contributed by atoms with Gasteiger partial charge in [0.1, 0.15) is 11.6 Å². The van der Waals surface area contributed by atoms with Gasteiger partial charge in [0.15, 0.2) is 0 Å². The standard InChI is InChI=1S/C19H15FN2O3/c20-15-7-5-12(6-8-15)9-18(24)21-22-19(25)16-10-13-3-1-2-4-14(13)11-17(16)23/h1-8,10-11,23H,9H2,(H,21,24)(H,22,25). The molecule has 25 heavy (non-hydrogen) atoms. The molecule has 0 fully saturated rings. The molecule has 0 aliphatic heterocycles. The van der Waals surface area contributed by atoms with Gasteiger partial charge in [-0.1, -0.05) is 36.4 Å². The lowest BCUT2D eigenvalue weighted by atomic mass is 10.1. The van der Waals surface area contributed by atoms with Crippen LogP contribution in [0.5, 0.6) is 5.75 Å². The second-order valence-corrected chi connectivity index (χ2v) is 5.52. The maximum Gasteiger partial charge on any atom is 0.273 e. The average molecular weight is 338 g/mol. The van der Waals surface area contributed by atoms with Crippen molar-refractivity contribution in [1.82, 2.24) is 10.9 Å². The second kappa shape index (κ2) is 7.00. The number of rotatable bonds is 3. The van der Waals surface area contributed by atoms with Gasteiger partial charge in [0, 0.05) is 0 Å². The maximum atomic E-state index is 12.8. The van der Waals surface area contributed by atoms with Crippen molar-refractivity contribution >= 4 is 22.6 Å². The molecule has 3 aromatic carbocycles. The van der Waals surface area contributed by atoms with Gasteiger partial charge in [-0.15, -0.1) is 0 Å². The van der Waals surface area contributed by atoms with Crippen LogP contribution < -0.4 is 10.9 Å². The number of phenols is 1. The van der Waals surface area contributed by atoms with E-state index in [1.165, 1.54) is 30.3 Å². The van der Waals surface area contributed by atoms with Crippen molar-refractivity contribution in [3.05, 3.63) is 77.6 Å². The van der Waals surface area contributed by atoms with Crippen molar-refractivity contribution in [2.24, 2.45) is 0 Å². The zero-order valence-corrected chi connectivity index (χ0v) is 13.1. The van der Waals surface area contributed by atoms with Crippen LogP contribution in [0.15, 0.2) is 60.7 Å². The maximum absolute atomic E-state index is 12.8. The number of amides is 2. The molecule has 0 radical (unpaired) electrons. The SMILES string of the molecule is O=C(Cc1ccc(F)cc1)NNC(=O)c1cc2ccccc2cc1O. The summed E-state index contributed by atoms with van der Waals surface area (Å²) in [4.78, 5) is 24.0. The van der Waals surface area contributed by atoms with Crippen LogP contribution in [0.3, 0.4) is 0 Å². The van der Waals surface area contributed by atoms with E-state index in [1.54, 1.807) is 6.07 Å². The zero-order valence-electron chi connectivity index (χ0n) is 13.1. The number of benzene rings is 3. The molecule has 0 bridgehead atoms. The van der Waals surface area contributed by atoms with Gasteiger partial charge in [-0.05, 0) is 40.6 Å². The van der Waals surface area contributed by atoms with E-state index in [0.717, 1.165) is 10.8 Å². The molecule has 0 spiro atoms. The molecular formula is C19H15FN2O3. The van der Waals surface area contributed by atoms with Crippen molar-refractivity contribution in [3.8, 4) is 5.75 Å². The molecule has 0 aromatic heterocycles. The van der Waals surface area contributed by atoms with E-state index in [2.05, 4.69) is 10.9 Å². The van der Waals surface area contributed by atoms with Crippen LogP contribution in [0, 0.1) is 5.82 Å². The van der Waals surface area contributed by atoms with Gasteiger partial charge >= 0.3 is 0 Å². The lowest BCUT2D eigenvalue weighted by Gasteiger charge is -2.10. The third kappa shape index (κ3) is 3.92. The normalized spacial score (nSPS) is 10.4. The molecule has 6 heteroatoms. The first-order valence-electron chi connectivity index (χ1n) is 7.58. The van der Waals surface area contributed by atoms with Gasteiger partial charge in [0.05, 0.1) is 12.0 Å². The number of halogens is 1. The molecule has 3 N–H and O–H groups in total. The first kappa shape index (κ1) is 16.4. The zero-order chi connectivity index (χ0) is 17.8. The van der Waals surface area contributed by atoms with Gasteiger partial charge in [0.2, 0.25) is 5.91 Å². The number of fused-ring (bicyclic) bond motifs is 1. The first-order valence-corrected chi connectivity index (χ1v) is 7.58. The molecule has 0 saturated carbocycles. The Morgan fingerprint density at radius 2 is 1.56 bits per heavy atom. The Bertz CT molecular complexity index is 939. The quantitative estimate of drug-likeness (QED) is 0.643. The van der Waals surface area contributed by atoms with Crippen LogP contribution in [0.25, 0.3) is 10.8 Å². The van der Waals surface area contributed by atoms with Crippen LogP contribution in [0.4, 0.5) is 4.39 Å². The topological polar surface area (TPSA) is 78.4 Å². The predicted molar refractivity (Wildman–Crippen MR) is 91.3 cm³/mol. The molecule has 2 amide bonds. The summed E-state index contributed by atoms with van der Waals surface area (Å²) in [5.41, 5.74) is 5.21. The summed E-state index contributed by atoms with van der Waals surface area (Å²) < 4.78 is 12.8. The van der Waals surface area contributed by atoms with E-state index in [0.29, 0.717) is 5.56 Å². The van der Waals surface area contributed by atoms with E-state index in [9.17, 15) is 19.1 Å². The van der Waals surface area contributed by atoms with Gasteiger partial charge in [-0.2, -0.15) is 0 Å². The molecule has 0 aliphatic rings. The van der Waals surface area contributed by atoms with Crippen molar-refractivity contribution in [2.45, 2.75) is 6.42 Å². The summed E-state index contributed by atoms with van der Waals surface area (Å²) in [5, 5.41) is 11.6. The number of carbonyl (C=O) groups excluding carboxylic acids is 2. The van der Waals surface area contributed by atoms with E-state index in [4.69, 9.17) is 0 Å². The Morgan fingerprint density at radius 1 is 0.920 bits per heavy atom. The molecule has 5 nitrogen and oxygen atoms in total. The first-order chi connectivity index (χ1) is 12.0. The van der Waals surface area contributed by atoms with Gasteiger partial charge in [-0.25, -0.2) is 4.39 Å². The monoisotopic (exact) mass is 338 g/mol. The van der Waals surface area contributed by atoms with Gasteiger partial charge in [-0.3, -0.25) is 20.4 Å². The number of aromatic hydroxyl groups is 1. The summed E-state index contributed by atoms with van der Waals surface area (Å²) in [6.45, 7) is 0. The summed E-state index contributed by atoms with van der Waals surface area (Å²) in [6.07, 6.45) is -0.00966. The highest BCUT2D eigenvalue weighted by atomic mass is 19.1. The van der Waals surface area contributed by atoms with Crippen LogP contribution in [0.1, 0.15) is 15.9 Å². The fourth-order valence-corrected chi connectivity index (χ4v) is 2.44. The minimum absolute atomic E-state index is 0.00966. The van der Waals surface area contributed by atoms with E-state index in [1.807, 2.05) is 24.3 Å². The minimum atomic E-state index is -0.629. The second-order valence-electron chi connectivity index (χ2n) is 5.52. The van der Waals surface area contributed by atoms with Crippen molar-refractivity contribution < 1.29 is 19.1 Å². The lowest BCUT2D eigenvalue weighted by Crippen LogP contribution is -2.42. The molecule has 0 aliphatic carbocycles. The fraction of sp³-hybridized carbons (Fsp3) is 0.0526. The Labute approximate surface area is 143 Å². The summed E-state index contributed by atoms with van der Waals surface area (Å²) in [5.74, 6) is -1.65. The van der Waals surface area contributed by atoms with Gasteiger partial charge in [0.25, 0.3) is 5.91 Å². The molecular weight excluding hydrogens is 323 g/mol. The molecule has 0 atom stereocenters. The summed E-state index contributed by atoms with van der Waals surface area (Å²) in [6, 6.07) is 15.8. The number of hydrogen-bond donors (Lipinski definition) is 3. The highest BCUT2D eigenvalue weighted by Crippen LogP contribution is 2.24. The fourth-order valence-electron chi connectivity index (χ4n) is 2.44. The van der Waals surface area contributed by atoms with Crippen molar-refractivity contribution in [2.75, 3.05) is 0 Å². The minimum Gasteiger partial charge on any atom is -0.507 e. The highest BCUT2D eigenvalue weighted by Gasteiger charge is 2.13. The van der Waals surface area contributed by atoms with Crippen molar-refractivity contribution in [1.29, 1.82) is 0 Å². The van der Waals surface area contributed by atoms with Crippen LogP contribution >= 0.6 is 0 Å². The number of phenolic OH excluding ortho intramolecular Hbond substituents is 1. The number of nitrogens with one attached hydrogen (secondary N) is 2. The highest BCUT2D eigenvalue weighted by molar-refractivity contribution is 6.02. The third-order valence-corrected chi connectivity index (χ3v) is 3.70. The predicted octanol–water partition coefficient (Wildman–Crippen LogP) is 2.69. The van der Waals surface area contributed by atoms with Crippen molar-refractivity contribution in [3.63, 3.8) is 0 Å². The van der Waals surface area contributed by atoms with Crippen LogP contribution in [0.2, 0.25) is 0 Å². The van der Waals surface area contributed by atoms with Gasteiger partial charge < -0.3 is 5.11 Å². The summed E-state index contributed by atoms with van der Waals surface area (Å²) >= 11 is 0. The van der Waals surface area contributed by atoms with E-state index >= 15 is 0 Å². The van der Waals surface area contributed by atoms with Crippen LogP contribution in [-0.4, -0.2) is 16.9 Å². The third-order valence-electron chi connectivity index (χ3n) is 3.70. The molecule has 126 valence electrons. The smallest absolute Gasteiger partial charge is 0.273 e. The lowest BCUT2D eigenvalue weighted by molar-refractivity contribution is -0.121. The summed E-state index contributed by atoms with van der Waals surface area (Å²) in [7, 11) is 0. The average Bonchev–Trinajstić information content (AvgIpc) is 2.61. The Kier molecular flexibility index (Phi) is 4.61.